The molecule has 82 valence electrons. The van der Waals surface area contributed by atoms with Crippen LogP contribution in [0.15, 0.2) is 24.3 Å². The van der Waals surface area contributed by atoms with Crippen molar-refractivity contribution in [2.75, 3.05) is 0 Å². The maximum Gasteiger partial charge on any atom is 0.336 e. The second-order valence-corrected chi connectivity index (χ2v) is 3.57. The molecule has 3 nitrogen and oxygen atoms in total. The standard InChI is InChI=1S/C12H9FO3/c1-6-9(12(15)16)4-7-2-3-8(13)5-10(7)11(6)14/h2-5,14H,1H3,(H,15,16). The van der Waals surface area contributed by atoms with Gasteiger partial charge in [0.05, 0.1) is 5.56 Å². The highest BCUT2D eigenvalue weighted by molar-refractivity contribution is 5.99. The van der Waals surface area contributed by atoms with E-state index in [-0.39, 0.29) is 16.9 Å². The summed E-state index contributed by atoms with van der Waals surface area (Å²) in [6, 6.07) is 5.27. The fraction of sp³-hybridized carbons (Fsp3) is 0.0833. The van der Waals surface area contributed by atoms with Gasteiger partial charge >= 0.3 is 5.97 Å². The van der Waals surface area contributed by atoms with Crippen molar-refractivity contribution in [1.29, 1.82) is 0 Å². The molecule has 0 saturated carbocycles. The molecule has 0 aliphatic heterocycles. The van der Waals surface area contributed by atoms with E-state index in [0.717, 1.165) is 0 Å². The first kappa shape index (κ1) is 10.4. The molecule has 0 aliphatic rings. The smallest absolute Gasteiger partial charge is 0.336 e. The largest absolute Gasteiger partial charge is 0.507 e. The molecule has 0 bridgehead atoms. The van der Waals surface area contributed by atoms with Crippen LogP contribution in [0.4, 0.5) is 4.39 Å². The lowest BCUT2D eigenvalue weighted by Crippen LogP contribution is -2.00. The van der Waals surface area contributed by atoms with E-state index in [1.165, 1.54) is 31.2 Å². The molecule has 0 spiro atoms. The highest BCUT2D eigenvalue weighted by atomic mass is 19.1. The number of aromatic carboxylic acids is 1. The molecule has 0 saturated heterocycles. The Hall–Kier alpha value is -2.10. The van der Waals surface area contributed by atoms with Gasteiger partial charge in [-0.05, 0) is 30.5 Å². The number of phenolic OH excluding ortho intramolecular Hbond substituents is 1. The van der Waals surface area contributed by atoms with Crippen LogP contribution < -0.4 is 0 Å². The molecule has 16 heavy (non-hydrogen) atoms. The SMILES string of the molecule is Cc1c(C(=O)O)cc2ccc(F)cc2c1O. The molecule has 0 atom stereocenters. The minimum Gasteiger partial charge on any atom is -0.507 e. The van der Waals surface area contributed by atoms with Gasteiger partial charge < -0.3 is 10.2 Å². The summed E-state index contributed by atoms with van der Waals surface area (Å²) in [5.41, 5.74) is 0.266. The number of hydrogen-bond donors (Lipinski definition) is 2. The Bertz CT molecular complexity index is 590. The van der Waals surface area contributed by atoms with Gasteiger partial charge in [-0.1, -0.05) is 6.07 Å². The van der Waals surface area contributed by atoms with Crippen LogP contribution in [0.1, 0.15) is 15.9 Å². The Morgan fingerprint density at radius 3 is 2.62 bits per heavy atom. The summed E-state index contributed by atoms with van der Waals surface area (Å²) in [5, 5.41) is 19.5. The average molecular weight is 220 g/mol. The van der Waals surface area contributed by atoms with Crippen LogP contribution in [-0.2, 0) is 0 Å². The topological polar surface area (TPSA) is 57.5 Å². The summed E-state index contributed by atoms with van der Waals surface area (Å²) >= 11 is 0. The van der Waals surface area contributed by atoms with Crippen LogP contribution in [0.3, 0.4) is 0 Å². The van der Waals surface area contributed by atoms with Gasteiger partial charge in [-0.25, -0.2) is 9.18 Å². The highest BCUT2D eigenvalue weighted by Gasteiger charge is 2.14. The second kappa shape index (κ2) is 3.48. The van der Waals surface area contributed by atoms with E-state index in [9.17, 15) is 14.3 Å². The molecule has 0 fully saturated rings. The number of carbonyl (C=O) groups is 1. The Balaban J connectivity index is 2.88. The van der Waals surface area contributed by atoms with Crippen molar-refractivity contribution in [2.45, 2.75) is 6.92 Å². The molecular weight excluding hydrogens is 211 g/mol. The minimum absolute atomic E-state index is 0.0246. The van der Waals surface area contributed by atoms with Crippen molar-refractivity contribution in [1.82, 2.24) is 0 Å². The third-order valence-corrected chi connectivity index (χ3v) is 2.56. The van der Waals surface area contributed by atoms with Crippen molar-refractivity contribution < 1.29 is 19.4 Å². The van der Waals surface area contributed by atoms with Crippen LogP contribution in [0.25, 0.3) is 10.8 Å². The molecule has 0 aromatic heterocycles. The predicted octanol–water partition coefficient (Wildman–Crippen LogP) is 2.69. The van der Waals surface area contributed by atoms with Crippen LogP contribution in [0.5, 0.6) is 5.75 Å². The average Bonchev–Trinajstić information content (AvgIpc) is 2.23. The number of fused-ring (bicyclic) bond motifs is 1. The summed E-state index contributed by atoms with van der Waals surface area (Å²) in [7, 11) is 0. The normalized spacial score (nSPS) is 10.6. The van der Waals surface area contributed by atoms with Crippen molar-refractivity contribution in [2.24, 2.45) is 0 Å². The van der Waals surface area contributed by atoms with Gasteiger partial charge in [-0.3, -0.25) is 0 Å². The number of benzene rings is 2. The lowest BCUT2D eigenvalue weighted by Gasteiger charge is -2.08. The first-order valence-corrected chi connectivity index (χ1v) is 4.66. The lowest BCUT2D eigenvalue weighted by atomic mass is 10.0. The Morgan fingerprint density at radius 1 is 1.31 bits per heavy atom. The third kappa shape index (κ3) is 1.48. The fourth-order valence-electron chi connectivity index (χ4n) is 1.67. The molecule has 2 aromatic carbocycles. The highest BCUT2D eigenvalue weighted by Crippen LogP contribution is 2.31. The number of aromatic hydroxyl groups is 1. The molecule has 0 unspecified atom stereocenters. The summed E-state index contributed by atoms with van der Waals surface area (Å²) in [5.74, 6) is -1.77. The Labute approximate surface area is 90.8 Å². The first-order chi connectivity index (χ1) is 7.50. The quantitative estimate of drug-likeness (QED) is 0.776. The van der Waals surface area contributed by atoms with Gasteiger partial charge in [0.25, 0.3) is 0 Å². The summed E-state index contributed by atoms with van der Waals surface area (Å²) in [6.07, 6.45) is 0. The molecule has 0 amide bonds. The minimum atomic E-state index is -1.11. The van der Waals surface area contributed by atoms with E-state index in [2.05, 4.69) is 0 Å². The second-order valence-electron chi connectivity index (χ2n) is 3.57. The van der Waals surface area contributed by atoms with Gasteiger partial charge in [0.1, 0.15) is 11.6 Å². The zero-order valence-corrected chi connectivity index (χ0v) is 8.49. The number of hydrogen-bond acceptors (Lipinski definition) is 2. The summed E-state index contributed by atoms with van der Waals surface area (Å²) < 4.78 is 13.0. The van der Waals surface area contributed by atoms with Crippen molar-refractivity contribution in [3.05, 3.63) is 41.2 Å². The first-order valence-electron chi connectivity index (χ1n) is 4.66. The lowest BCUT2D eigenvalue weighted by molar-refractivity contribution is 0.0696. The third-order valence-electron chi connectivity index (χ3n) is 2.56. The number of phenols is 1. The molecule has 2 aromatic rings. The van der Waals surface area contributed by atoms with Crippen LogP contribution >= 0.6 is 0 Å². The predicted molar refractivity (Wildman–Crippen MR) is 57.3 cm³/mol. The van der Waals surface area contributed by atoms with Gasteiger partial charge in [0.2, 0.25) is 0 Å². The van der Waals surface area contributed by atoms with E-state index < -0.39 is 11.8 Å². The van der Waals surface area contributed by atoms with Crippen molar-refractivity contribution >= 4 is 16.7 Å². The van der Waals surface area contributed by atoms with E-state index >= 15 is 0 Å². The van der Waals surface area contributed by atoms with Crippen molar-refractivity contribution in [3.63, 3.8) is 0 Å². The Morgan fingerprint density at radius 2 is 2.00 bits per heavy atom. The summed E-state index contributed by atoms with van der Waals surface area (Å²) in [6.45, 7) is 1.49. The van der Waals surface area contributed by atoms with Crippen LogP contribution in [0, 0.1) is 12.7 Å². The van der Waals surface area contributed by atoms with Crippen molar-refractivity contribution in [3.8, 4) is 5.75 Å². The zero-order valence-electron chi connectivity index (χ0n) is 8.49. The van der Waals surface area contributed by atoms with Crippen LogP contribution in [-0.4, -0.2) is 16.2 Å². The molecule has 2 N–H and O–H groups in total. The van der Waals surface area contributed by atoms with Crippen LogP contribution in [0.2, 0.25) is 0 Å². The van der Waals surface area contributed by atoms with E-state index in [4.69, 9.17) is 5.11 Å². The van der Waals surface area contributed by atoms with E-state index in [1.54, 1.807) is 0 Å². The number of rotatable bonds is 1. The molecule has 0 heterocycles. The van der Waals surface area contributed by atoms with Gasteiger partial charge in [-0.2, -0.15) is 0 Å². The van der Waals surface area contributed by atoms with Gasteiger partial charge in [0.15, 0.2) is 0 Å². The van der Waals surface area contributed by atoms with Gasteiger partial charge in [-0.15, -0.1) is 0 Å². The molecule has 2 rings (SSSR count). The number of carboxylic acid groups (broad SMARTS) is 1. The van der Waals surface area contributed by atoms with E-state index in [1.807, 2.05) is 0 Å². The maximum absolute atomic E-state index is 13.0. The van der Waals surface area contributed by atoms with E-state index in [0.29, 0.717) is 10.8 Å². The Kier molecular flexibility index (Phi) is 2.27. The zero-order chi connectivity index (χ0) is 11.9. The number of carboxylic acids is 1. The molecular formula is C12H9FO3. The number of halogens is 1. The molecule has 0 radical (unpaired) electrons. The fourth-order valence-corrected chi connectivity index (χ4v) is 1.67. The molecule has 0 aliphatic carbocycles. The monoisotopic (exact) mass is 220 g/mol. The van der Waals surface area contributed by atoms with Gasteiger partial charge in [0, 0.05) is 10.9 Å². The molecule has 4 heteroatoms. The maximum atomic E-state index is 13.0. The summed E-state index contributed by atoms with van der Waals surface area (Å²) in [4.78, 5) is 10.9.